The van der Waals surface area contributed by atoms with Crippen LogP contribution in [0.5, 0.6) is 0 Å². The maximum absolute atomic E-state index is 5.52. The summed E-state index contributed by atoms with van der Waals surface area (Å²) in [5.74, 6) is 0. The lowest BCUT2D eigenvalue weighted by Gasteiger charge is -2.10. The molecule has 12 heavy (non-hydrogen) atoms. The molecule has 0 amide bonds. The number of aryl methyl sites for hydroxylation is 2. The molecule has 1 aromatic rings. The maximum Gasteiger partial charge on any atom is 0.0616 e. The average molecular weight is 190 g/mol. The van der Waals surface area contributed by atoms with Gasteiger partial charge in [0.05, 0.1) is 11.7 Å². The standard InChI is InChI=1S/C8H15N3.ClH/c1-6-4-7(2)11(10-6)8(3)5-9;/h4,8H,5,9H2,1-3H3;1H. The van der Waals surface area contributed by atoms with E-state index < -0.39 is 0 Å². The Labute approximate surface area is 79.4 Å². The van der Waals surface area contributed by atoms with Crippen molar-refractivity contribution in [2.45, 2.75) is 26.8 Å². The fraction of sp³-hybridized carbons (Fsp3) is 0.625. The van der Waals surface area contributed by atoms with Crippen molar-refractivity contribution in [3.05, 3.63) is 17.5 Å². The summed E-state index contributed by atoms with van der Waals surface area (Å²) in [7, 11) is 0. The second kappa shape index (κ2) is 4.48. The highest BCUT2D eigenvalue weighted by Crippen LogP contribution is 2.08. The van der Waals surface area contributed by atoms with E-state index in [1.54, 1.807) is 0 Å². The van der Waals surface area contributed by atoms with Gasteiger partial charge in [-0.15, -0.1) is 12.4 Å². The van der Waals surface area contributed by atoms with Crippen molar-refractivity contribution in [1.29, 1.82) is 0 Å². The lowest BCUT2D eigenvalue weighted by Crippen LogP contribution is -2.18. The van der Waals surface area contributed by atoms with Gasteiger partial charge in [0.15, 0.2) is 0 Å². The number of hydrogen-bond donors (Lipinski definition) is 1. The van der Waals surface area contributed by atoms with Gasteiger partial charge in [-0.1, -0.05) is 0 Å². The third-order valence-corrected chi connectivity index (χ3v) is 1.80. The van der Waals surface area contributed by atoms with E-state index in [4.69, 9.17) is 5.73 Å². The summed E-state index contributed by atoms with van der Waals surface area (Å²) < 4.78 is 1.97. The lowest BCUT2D eigenvalue weighted by atomic mass is 10.3. The van der Waals surface area contributed by atoms with Crippen LogP contribution in [-0.2, 0) is 0 Å². The highest BCUT2D eigenvalue weighted by Gasteiger charge is 2.05. The first kappa shape index (κ1) is 11.5. The molecule has 1 rings (SSSR count). The van der Waals surface area contributed by atoms with Crippen molar-refractivity contribution in [1.82, 2.24) is 9.78 Å². The summed E-state index contributed by atoms with van der Waals surface area (Å²) >= 11 is 0. The number of nitrogens with zero attached hydrogens (tertiary/aromatic N) is 2. The van der Waals surface area contributed by atoms with E-state index >= 15 is 0 Å². The molecule has 0 aliphatic rings. The molecule has 1 heterocycles. The summed E-state index contributed by atoms with van der Waals surface area (Å²) in [4.78, 5) is 0. The Morgan fingerprint density at radius 1 is 1.58 bits per heavy atom. The Balaban J connectivity index is 0.00000121. The van der Waals surface area contributed by atoms with E-state index in [9.17, 15) is 0 Å². The highest BCUT2D eigenvalue weighted by molar-refractivity contribution is 5.85. The molecule has 2 N–H and O–H groups in total. The van der Waals surface area contributed by atoms with E-state index in [0.29, 0.717) is 12.6 Å². The van der Waals surface area contributed by atoms with E-state index in [2.05, 4.69) is 18.1 Å². The molecule has 0 saturated carbocycles. The molecule has 1 unspecified atom stereocenters. The molecular weight excluding hydrogens is 174 g/mol. The Bertz CT molecular complexity index is 244. The normalized spacial score (nSPS) is 12.3. The molecule has 1 aromatic heterocycles. The minimum atomic E-state index is 0. The average Bonchev–Trinajstić information content (AvgIpc) is 2.28. The van der Waals surface area contributed by atoms with Crippen LogP contribution in [-0.4, -0.2) is 16.3 Å². The van der Waals surface area contributed by atoms with Crippen molar-refractivity contribution < 1.29 is 0 Å². The molecule has 0 saturated heterocycles. The smallest absolute Gasteiger partial charge is 0.0616 e. The van der Waals surface area contributed by atoms with Crippen LogP contribution in [0.15, 0.2) is 6.07 Å². The summed E-state index contributed by atoms with van der Waals surface area (Å²) in [6, 6.07) is 2.37. The molecule has 0 spiro atoms. The van der Waals surface area contributed by atoms with Crippen molar-refractivity contribution in [3.63, 3.8) is 0 Å². The highest BCUT2D eigenvalue weighted by atomic mass is 35.5. The first-order valence-corrected chi connectivity index (χ1v) is 3.88. The van der Waals surface area contributed by atoms with Crippen molar-refractivity contribution >= 4 is 12.4 Å². The quantitative estimate of drug-likeness (QED) is 0.765. The fourth-order valence-electron chi connectivity index (χ4n) is 1.19. The number of rotatable bonds is 2. The summed E-state index contributed by atoms with van der Waals surface area (Å²) in [5.41, 5.74) is 7.76. The first-order chi connectivity index (χ1) is 5.15. The predicted octanol–water partition coefficient (Wildman–Crippen LogP) is 1.44. The van der Waals surface area contributed by atoms with Gasteiger partial charge in [-0.2, -0.15) is 5.10 Å². The minimum absolute atomic E-state index is 0. The molecule has 0 bridgehead atoms. The minimum Gasteiger partial charge on any atom is -0.328 e. The third kappa shape index (κ3) is 2.22. The Hall–Kier alpha value is -0.540. The first-order valence-electron chi connectivity index (χ1n) is 3.88. The number of halogens is 1. The molecule has 0 aliphatic heterocycles. The van der Waals surface area contributed by atoms with Gasteiger partial charge in [-0.25, -0.2) is 0 Å². The molecule has 0 aromatic carbocycles. The summed E-state index contributed by atoms with van der Waals surface area (Å²) in [6.07, 6.45) is 0. The van der Waals surface area contributed by atoms with Crippen LogP contribution >= 0.6 is 12.4 Å². The Morgan fingerprint density at radius 2 is 2.17 bits per heavy atom. The molecule has 0 aliphatic carbocycles. The fourth-order valence-corrected chi connectivity index (χ4v) is 1.19. The zero-order valence-electron chi connectivity index (χ0n) is 7.74. The molecule has 0 radical (unpaired) electrons. The number of nitrogens with two attached hydrogens (primary N) is 1. The van der Waals surface area contributed by atoms with Gasteiger partial charge < -0.3 is 5.73 Å². The number of aromatic nitrogens is 2. The van der Waals surface area contributed by atoms with Gasteiger partial charge in [0.2, 0.25) is 0 Å². The second-order valence-corrected chi connectivity index (χ2v) is 2.96. The lowest BCUT2D eigenvalue weighted by molar-refractivity contribution is 0.487. The van der Waals surface area contributed by atoms with Gasteiger partial charge in [0.1, 0.15) is 0 Å². The van der Waals surface area contributed by atoms with Crippen LogP contribution in [0.2, 0.25) is 0 Å². The monoisotopic (exact) mass is 189 g/mol. The zero-order chi connectivity index (χ0) is 8.43. The zero-order valence-corrected chi connectivity index (χ0v) is 8.56. The van der Waals surface area contributed by atoms with Gasteiger partial charge in [0.25, 0.3) is 0 Å². The van der Waals surface area contributed by atoms with Gasteiger partial charge in [0, 0.05) is 12.2 Å². The molecule has 1 atom stereocenters. The van der Waals surface area contributed by atoms with E-state index in [1.165, 1.54) is 5.69 Å². The largest absolute Gasteiger partial charge is 0.328 e. The van der Waals surface area contributed by atoms with Crippen molar-refractivity contribution in [3.8, 4) is 0 Å². The van der Waals surface area contributed by atoms with Crippen LogP contribution in [0.3, 0.4) is 0 Å². The van der Waals surface area contributed by atoms with Crippen LogP contribution in [0.4, 0.5) is 0 Å². The van der Waals surface area contributed by atoms with Crippen molar-refractivity contribution in [2.75, 3.05) is 6.54 Å². The van der Waals surface area contributed by atoms with Gasteiger partial charge in [-0.3, -0.25) is 4.68 Å². The van der Waals surface area contributed by atoms with Crippen molar-refractivity contribution in [2.24, 2.45) is 5.73 Å². The van der Waals surface area contributed by atoms with E-state index in [0.717, 1.165) is 5.69 Å². The second-order valence-electron chi connectivity index (χ2n) is 2.96. The molecule has 3 nitrogen and oxygen atoms in total. The molecule has 0 fully saturated rings. The van der Waals surface area contributed by atoms with Crippen LogP contribution in [0.1, 0.15) is 24.4 Å². The predicted molar refractivity (Wildman–Crippen MR) is 52.7 cm³/mol. The van der Waals surface area contributed by atoms with Crippen LogP contribution in [0, 0.1) is 13.8 Å². The van der Waals surface area contributed by atoms with Crippen LogP contribution < -0.4 is 5.73 Å². The topological polar surface area (TPSA) is 43.8 Å². The third-order valence-electron chi connectivity index (χ3n) is 1.80. The van der Waals surface area contributed by atoms with E-state index in [1.807, 2.05) is 18.5 Å². The summed E-state index contributed by atoms with van der Waals surface area (Å²) in [6.45, 7) is 6.75. The molecule has 70 valence electrons. The Kier molecular flexibility index (Phi) is 4.28. The van der Waals surface area contributed by atoms with Gasteiger partial charge >= 0.3 is 0 Å². The van der Waals surface area contributed by atoms with Gasteiger partial charge in [-0.05, 0) is 26.8 Å². The molecule has 4 heteroatoms. The molecular formula is C8H16ClN3. The maximum atomic E-state index is 5.52. The SMILES string of the molecule is Cc1cc(C)n(C(C)CN)n1.Cl. The Morgan fingerprint density at radius 3 is 2.50 bits per heavy atom. The summed E-state index contributed by atoms with van der Waals surface area (Å²) in [5, 5.41) is 4.32. The number of hydrogen-bond acceptors (Lipinski definition) is 2. The van der Waals surface area contributed by atoms with Crippen LogP contribution in [0.25, 0.3) is 0 Å². The van der Waals surface area contributed by atoms with E-state index in [-0.39, 0.29) is 12.4 Å².